The number of benzene rings is 3. The van der Waals surface area contributed by atoms with Gasteiger partial charge in [0.05, 0.1) is 19.8 Å². The molecular weight excluding hydrogens is 837 g/mol. The Hall–Kier alpha value is -5.82. The van der Waals surface area contributed by atoms with Gasteiger partial charge in [0, 0.05) is 40.0 Å². The number of carbonyl (C=O) groups is 6. The summed E-state index contributed by atoms with van der Waals surface area (Å²) < 4.78 is 47.9. The summed E-state index contributed by atoms with van der Waals surface area (Å²) in [6.45, 7) is 9.57. The molecule has 3 atom stereocenters. The molecule has 1 aromatic heterocycles. The Morgan fingerprint density at radius 3 is 0.883 bits per heavy atom. The molecule has 0 saturated carbocycles. The number of nitrogens with one attached hydrogen (secondary N) is 3. The van der Waals surface area contributed by atoms with E-state index in [-0.39, 0.29) is 56.8 Å². The van der Waals surface area contributed by atoms with E-state index in [1.54, 1.807) is 93.6 Å². The van der Waals surface area contributed by atoms with Gasteiger partial charge in [0.1, 0.15) is 18.1 Å². The van der Waals surface area contributed by atoms with Crippen LogP contribution in [0.4, 0.5) is 0 Å². The SMILES string of the molecule is CCOC(=O)C(Cc1ccc(O[p+]2n[p+](Oc3ccc(CC(NC(C)=O)C(=O)OCC)cc3)n[p+](Oc3ccc(CC(NC(C)=O)C(=O)OCC)cc3)n2)cc1)NC(C)=O. The van der Waals surface area contributed by atoms with Crippen LogP contribution in [0.15, 0.2) is 72.8 Å². The molecule has 0 bridgehead atoms. The third-order valence-corrected chi connectivity index (χ3v) is 12.8. The van der Waals surface area contributed by atoms with Crippen molar-refractivity contribution in [1.82, 2.24) is 29.5 Å². The molecule has 0 radical (unpaired) electrons. The second kappa shape index (κ2) is 23.7. The van der Waals surface area contributed by atoms with Crippen molar-refractivity contribution in [2.24, 2.45) is 0 Å². The summed E-state index contributed by atoms with van der Waals surface area (Å²) in [5.74, 6) is -1.42. The number of ether oxygens (including phenoxy) is 3. The summed E-state index contributed by atoms with van der Waals surface area (Å²) >= 11 is 0. The minimum Gasteiger partial charge on any atom is -0.464 e. The van der Waals surface area contributed by atoms with E-state index in [0.29, 0.717) is 17.2 Å². The van der Waals surface area contributed by atoms with Gasteiger partial charge >= 0.3 is 42.1 Å². The highest BCUT2D eigenvalue weighted by Gasteiger charge is 2.43. The van der Waals surface area contributed by atoms with Gasteiger partial charge in [-0.15, -0.1) is 0 Å². The second-order valence-electron chi connectivity index (χ2n) is 12.9. The van der Waals surface area contributed by atoms with Crippen molar-refractivity contribution in [3.05, 3.63) is 89.5 Å². The molecule has 0 aliphatic heterocycles. The monoisotopic (exact) mass is 885 g/mol. The highest BCUT2D eigenvalue weighted by atomic mass is 31.2. The van der Waals surface area contributed by atoms with E-state index in [2.05, 4.69) is 29.5 Å². The molecule has 3 unspecified atom stereocenters. The Balaban J connectivity index is 1.58. The number of hydrogen-bond donors (Lipinski definition) is 3. The largest absolute Gasteiger partial charge is 0.682 e. The van der Waals surface area contributed by atoms with Crippen LogP contribution < -0.4 is 29.5 Å². The highest BCUT2D eigenvalue weighted by Crippen LogP contribution is 2.40. The Morgan fingerprint density at radius 1 is 0.450 bits per heavy atom. The fraction of sp³-hybridized carbons (Fsp3) is 0.385. The smallest absolute Gasteiger partial charge is 0.464 e. The predicted molar refractivity (Wildman–Crippen MR) is 222 cm³/mol. The Bertz CT molecular complexity index is 1860. The standard InChI is InChI=1S/C39H45N6O12P3/c1-7-52-37(49)34(40-25(4)46)22-28-10-16-31(17-11-28)55-58-43-59(56-32-18-12-29(13-19-32)23-35(41-26(5)47)38(50)53-8-2)45-60(44-58)57-33-20-14-30(15-21-33)24-36(42-27(6)48)39(51)54-9-3/h10-21,34-36H,7-9,22-24H2,1-6H3/p+3. The summed E-state index contributed by atoms with van der Waals surface area (Å²) in [6.07, 6.45) is 0.596. The van der Waals surface area contributed by atoms with Crippen LogP contribution in [0.5, 0.6) is 17.2 Å². The van der Waals surface area contributed by atoms with Crippen LogP contribution in [0.2, 0.25) is 0 Å². The summed E-state index contributed by atoms with van der Waals surface area (Å²) in [5, 5.41) is 7.87. The molecule has 3 amide bonds. The number of aromatic nitrogens is 3. The molecule has 0 aliphatic rings. The third-order valence-electron chi connectivity index (χ3n) is 7.96. The van der Waals surface area contributed by atoms with Crippen molar-refractivity contribution in [2.75, 3.05) is 19.8 Å². The predicted octanol–water partition coefficient (Wildman–Crippen LogP) is 5.03. The van der Waals surface area contributed by atoms with Crippen LogP contribution in [-0.4, -0.2) is 87.1 Å². The van der Waals surface area contributed by atoms with E-state index in [0.717, 1.165) is 16.7 Å². The van der Waals surface area contributed by atoms with Crippen LogP contribution >= 0.6 is 24.2 Å². The average Bonchev–Trinajstić information content (AvgIpc) is 3.19. The van der Waals surface area contributed by atoms with E-state index in [1.807, 2.05) is 0 Å². The molecule has 3 aromatic carbocycles. The van der Waals surface area contributed by atoms with Gasteiger partial charge in [-0.1, -0.05) is 36.4 Å². The van der Waals surface area contributed by atoms with Crippen molar-refractivity contribution >= 4 is 59.9 Å². The van der Waals surface area contributed by atoms with Crippen LogP contribution in [-0.2, 0) is 62.2 Å². The highest BCUT2D eigenvalue weighted by molar-refractivity contribution is 7.58. The minimum absolute atomic E-state index is 0.175. The molecule has 1 heterocycles. The summed E-state index contributed by atoms with van der Waals surface area (Å²) in [5.41, 5.74) is 2.23. The molecule has 0 saturated heterocycles. The number of esters is 3. The summed E-state index contributed by atoms with van der Waals surface area (Å²) in [6, 6.07) is 18.1. The van der Waals surface area contributed by atoms with Crippen molar-refractivity contribution in [3.8, 4) is 17.2 Å². The molecule has 0 spiro atoms. The van der Waals surface area contributed by atoms with Crippen LogP contribution in [0, 0.1) is 0 Å². The van der Waals surface area contributed by atoms with Crippen LogP contribution in [0.25, 0.3) is 0 Å². The molecule has 3 N–H and O–H groups in total. The van der Waals surface area contributed by atoms with Gasteiger partial charge < -0.3 is 30.2 Å². The molecule has 0 fully saturated rings. The molecular formula is C39H48N6O12P3+3. The molecule has 21 heteroatoms. The lowest BCUT2D eigenvalue weighted by molar-refractivity contribution is -0.147. The van der Waals surface area contributed by atoms with Crippen molar-refractivity contribution in [1.29, 1.82) is 0 Å². The molecule has 0 aliphatic carbocycles. The lowest BCUT2D eigenvalue weighted by atomic mass is 10.1. The zero-order valence-corrected chi connectivity index (χ0v) is 36.7. The first-order valence-electron chi connectivity index (χ1n) is 18.9. The molecule has 18 nitrogen and oxygen atoms in total. The maximum atomic E-state index is 12.4. The lowest BCUT2D eigenvalue weighted by Crippen LogP contribution is -2.42. The number of carbonyl (C=O) groups excluding carboxylic acids is 6. The van der Waals surface area contributed by atoms with Gasteiger partial charge in [0.2, 0.25) is 17.7 Å². The first-order valence-corrected chi connectivity index (χ1v) is 22.4. The minimum atomic E-state index is -1.90. The lowest BCUT2D eigenvalue weighted by Gasteiger charge is -2.16. The van der Waals surface area contributed by atoms with E-state index >= 15 is 0 Å². The Labute approximate surface area is 350 Å². The van der Waals surface area contributed by atoms with E-state index < -0.39 is 60.3 Å². The van der Waals surface area contributed by atoms with Crippen molar-refractivity contribution in [3.63, 3.8) is 0 Å². The Morgan fingerprint density at radius 2 is 0.683 bits per heavy atom. The average molecular weight is 886 g/mol. The molecule has 60 heavy (non-hydrogen) atoms. The maximum absolute atomic E-state index is 12.4. The summed E-state index contributed by atoms with van der Waals surface area (Å²) in [7, 11) is -5.69. The Kier molecular flexibility index (Phi) is 18.5. The first kappa shape index (κ1) is 46.9. The third kappa shape index (κ3) is 15.7. The number of nitrogens with zero attached hydrogens (tertiary/aromatic N) is 3. The van der Waals surface area contributed by atoms with E-state index in [1.165, 1.54) is 20.8 Å². The van der Waals surface area contributed by atoms with E-state index in [9.17, 15) is 28.8 Å². The first-order chi connectivity index (χ1) is 28.7. The fourth-order valence-electron chi connectivity index (χ4n) is 5.45. The number of rotatable bonds is 21. The van der Waals surface area contributed by atoms with Crippen LogP contribution in [0.3, 0.4) is 0 Å². The van der Waals surface area contributed by atoms with Gasteiger partial charge in [0.15, 0.2) is 17.2 Å². The topological polar surface area (TPSA) is 233 Å². The van der Waals surface area contributed by atoms with Gasteiger partial charge in [-0.25, -0.2) is 28.0 Å². The van der Waals surface area contributed by atoms with Crippen molar-refractivity contribution < 1.29 is 56.5 Å². The normalized spacial score (nSPS) is 13.0. The van der Waals surface area contributed by atoms with Crippen molar-refractivity contribution in [2.45, 2.75) is 78.9 Å². The molecule has 4 rings (SSSR count). The number of hydrogen-bond acceptors (Lipinski definition) is 15. The zero-order valence-electron chi connectivity index (χ0n) is 34.0. The van der Waals surface area contributed by atoms with Crippen LogP contribution in [0.1, 0.15) is 58.2 Å². The van der Waals surface area contributed by atoms with Gasteiger partial charge in [0.25, 0.3) is 13.5 Å². The van der Waals surface area contributed by atoms with Gasteiger partial charge in [-0.2, -0.15) is 0 Å². The van der Waals surface area contributed by atoms with E-state index in [4.69, 9.17) is 27.8 Å². The summed E-state index contributed by atoms with van der Waals surface area (Å²) in [4.78, 5) is 72.5. The molecule has 4 aromatic rings. The number of amides is 3. The molecule has 318 valence electrons. The fourth-order valence-corrected chi connectivity index (χ4v) is 10.2. The zero-order chi connectivity index (χ0) is 43.6. The second-order valence-corrected chi connectivity index (χ2v) is 17.1. The quantitative estimate of drug-likeness (QED) is 0.0736. The maximum Gasteiger partial charge on any atom is 0.682 e. The van der Waals surface area contributed by atoms with Gasteiger partial charge in [-0.3, -0.25) is 14.4 Å². The van der Waals surface area contributed by atoms with Gasteiger partial charge in [-0.05, 0) is 73.9 Å².